The van der Waals surface area contributed by atoms with Crippen LogP contribution in [0.25, 0.3) is 0 Å². The van der Waals surface area contributed by atoms with Gasteiger partial charge in [-0.25, -0.2) is 9.97 Å². The van der Waals surface area contributed by atoms with Crippen LogP contribution in [-0.4, -0.2) is 27.0 Å². The summed E-state index contributed by atoms with van der Waals surface area (Å²) < 4.78 is 0. The number of nitrogens with two attached hydrogens (primary N) is 1. The van der Waals surface area contributed by atoms with Crippen LogP contribution in [0.1, 0.15) is 31.7 Å². The topological polar surface area (TPSA) is 63.8 Å². The van der Waals surface area contributed by atoms with Crippen molar-refractivity contribution in [1.29, 1.82) is 0 Å². The minimum Gasteiger partial charge on any atom is -0.383 e. The van der Waals surface area contributed by atoms with E-state index in [1.165, 1.54) is 31.3 Å². The van der Waals surface area contributed by atoms with Crippen LogP contribution < -0.4 is 11.1 Å². The van der Waals surface area contributed by atoms with E-state index in [9.17, 15) is 0 Å². The summed E-state index contributed by atoms with van der Waals surface area (Å²) in [5.74, 6) is 2.64. The number of hydrogen-bond donors (Lipinski definition) is 2. The van der Waals surface area contributed by atoms with Gasteiger partial charge in [0.25, 0.3) is 0 Å². The quantitative estimate of drug-likeness (QED) is 0.861. The first-order valence-corrected chi connectivity index (χ1v) is 7.22. The molecule has 0 bridgehead atoms. The molecule has 17 heavy (non-hydrogen) atoms. The molecule has 1 fully saturated rings. The highest BCUT2D eigenvalue weighted by Crippen LogP contribution is 2.32. The van der Waals surface area contributed by atoms with Crippen LogP contribution in [0.2, 0.25) is 0 Å². The number of nitrogens with zero attached hydrogens (tertiary/aromatic N) is 2. The smallest absolute Gasteiger partial charge is 0.134 e. The Morgan fingerprint density at radius 1 is 1.47 bits per heavy atom. The Morgan fingerprint density at radius 2 is 2.29 bits per heavy atom. The molecule has 2 unspecified atom stereocenters. The summed E-state index contributed by atoms with van der Waals surface area (Å²) in [6.45, 7) is 4.18. The molecule has 1 aliphatic carbocycles. The number of hydrogen-bond acceptors (Lipinski definition) is 5. The van der Waals surface area contributed by atoms with Crippen LogP contribution in [-0.2, 0) is 0 Å². The molecule has 1 aromatic rings. The van der Waals surface area contributed by atoms with Gasteiger partial charge in [0.05, 0.1) is 0 Å². The van der Waals surface area contributed by atoms with Gasteiger partial charge in [0, 0.05) is 16.9 Å². The van der Waals surface area contributed by atoms with Crippen LogP contribution in [0.5, 0.6) is 0 Å². The molecule has 94 valence electrons. The summed E-state index contributed by atoms with van der Waals surface area (Å²) in [5.41, 5.74) is 6.75. The molecule has 1 aromatic heterocycles. The Hall–Kier alpha value is -0.970. The molecule has 0 aromatic carbocycles. The molecule has 1 heterocycles. The number of anilines is 2. The van der Waals surface area contributed by atoms with Crippen molar-refractivity contribution >= 4 is 23.4 Å². The lowest BCUT2D eigenvalue weighted by Crippen LogP contribution is -2.27. The van der Waals surface area contributed by atoms with Crippen molar-refractivity contribution in [2.75, 3.05) is 16.8 Å². The van der Waals surface area contributed by atoms with E-state index >= 15 is 0 Å². The second-order valence-electron chi connectivity index (χ2n) is 4.41. The molecule has 2 rings (SSSR count). The molecular weight excluding hydrogens is 232 g/mol. The second kappa shape index (κ2) is 5.58. The molecule has 2 atom stereocenters. The van der Waals surface area contributed by atoms with Crippen LogP contribution >= 0.6 is 11.8 Å². The monoisotopic (exact) mass is 252 g/mol. The van der Waals surface area contributed by atoms with Crippen molar-refractivity contribution in [3.63, 3.8) is 0 Å². The standard InChI is InChI=1S/C12H20N4S/c1-3-17-10-6-4-5-9(10)16-12-8(2)11(13)14-7-15-12/h7,9-10H,3-6H2,1-2H3,(H3,13,14,15,16). The predicted octanol–water partition coefficient (Wildman–Crippen LogP) is 2.45. The first-order valence-electron chi connectivity index (χ1n) is 6.17. The third-order valence-electron chi connectivity index (χ3n) is 3.28. The van der Waals surface area contributed by atoms with Crippen LogP contribution in [0.4, 0.5) is 11.6 Å². The third-order valence-corrected chi connectivity index (χ3v) is 4.60. The van der Waals surface area contributed by atoms with Crippen LogP contribution in [0.15, 0.2) is 6.33 Å². The SMILES string of the molecule is CCSC1CCCC1Nc1ncnc(N)c1C. The van der Waals surface area contributed by atoms with Gasteiger partial charge in [0.15, 0.2) is 0 Å². The summed E-state index contributed by atoms with van der Waals surface area (Å²) in [5, 5.41) is 4.24. The minimum absolute atomic E-state index is 0.521. The van der Waals surface area contributed by atoms with Crippen LogP contribution in [0, 0.1) is 6.92 Å². The normalized spacial score (nSPS) is 23.9. The van der Waals surface area contributed by atoms with Gasteiger partial charge in [0.2, 0.25) is 0 Å². The number of nitrogens with one attached hydrogen (secondary N) is 1. The first kappa shape index (κ1) is 12.5. The zero-order chi connectivity index (χ0) is 12.3. The van der Waals surface area contributed by atoms with E-state index in [1.807, 2.05) is 18.7 Å². The fraction of sp³-hybridized carbons (Fsp3) is 0.667. The van der Waals surface area contributed by atoms with E-state index in [-0.39, 0.29) is 0 Å². The molecular formula is C12H20N4S. The number of aromatic nitrogens is 2. The fourth-order valence-electron chi connectivity index (χ4n) is 2.29. The molecule has 1 saturated carbocycles. The zero-order valence-corrected chi connectivity index (χ0v) is 11.3. The highest BCUT2D eigenvalue weighted by atomic mass is 32.2. The van der Waals surface area contributed by atoms with Gasteiger partial charge in [-0.05, 0) is 25.5 Å². The predicted molar refractivity (Wildman–Crippen MR) is 74.4 cm³/mol. The van der Waals surface area contributed by atoms with Gasteiger partial charge in [-0.2, -0.15) is 11.8 Å². The van der Waals surface area contributed by atoms with E-state index in [1.54, 1.807) is 0 Å². The maximum atomic E-state index is 5.79. The highest BCUT2D eigenvalue weighted by Gasteiger charge is 2.27. The molecule has 1 aliphatic rings. The molecule has 3 N–H and O–H groups in total. The summed E-state index contributed by atoms with van der Waals surface area (Å²) >= 11 is 2.04. The van der Waals surface area contributed by atoms with Gasteiger partial charge in [-0.3, -0.25) is 0 Å². The van der Waals surface area contributed by atoms with Crippen molar-refractivity contribution in [3.05, 3.63) is 11.9 Å². The number of rotatable bonds is 4. The highest BCUT2D eigenvalue weighted by molar-refractivity contribution is 7.99. The average Bonchev–Trinajstić information content (AvgIpc) is 2.73. The Bertz CT molecular complexity index is 383. The third kappa shape index (κ3) is 2.83. The molecule has 0 saturated heterocycles. The van der Waals surface area contributed by atoms with Crippen molar-refractivity contribution < 1.29 is 0 Å². The van der Waals surface area contributed by atoms with Gasteiger partial charge in [0.1, 0.15) is 18.0 Å². The van der Waals surface area contributed by atoms with Gasteiger partial charge >= 0.3 is 0 Å². The lowest BCUT2D eigenvalue weighted by Gasteiger charge is -2.21. The lowest BCUT2D eigenvalue weighted by molar-refractivity contribution is 0.760. The molecule has 0 amide bonds. The fourth-order valence-corrected chi connectivity index (χ4v) is 3.49. The van der Waals surface area contributed by atoms with Gasteiger partial charge in [-0.15, -0.1) is 0 Å². The summed E-state index contributed by atoms with van der Waals surface area (Å²) in [7, 11) is 0. The van der Waals surface area contributed by atoms with Crippen molar-refractivity contribution in [1.82, 2.24) is 9.97 Å². The largest absolute Gasteiger partial charge is 0.383 e. The maximum Gasteiger partial charge on any atom is 0.134 e. The number of thioether (sulfide) groups is 1. The van der Waals surface area contributed by atoms with Gasteiger partial charge in [-0.1, -0.05) is 13.3 Å². The van der Waals surface area contributed by atoms with E-state index in [4.69, 9.17) is 5.73 Å². The minimum atomic E-state index is 0.521. The summed E-state index contributed by atoms with van der Waals surface area (Å²) in [6.07, 6.45) is 5.35. The lowest BCUT2D eigenvalue weighted by atomic mass is 10.2. The number of nitrogen functional groups attached to an aromatic ring is 1. The Balaban J connectivity index is 2.07. The molecule has 4 nitrogen and oxygen atoms in total. The second-order valence-corrected chi connectivity index (χ2v) is 5.92. The average molecular weight is 252 g/mol. The summed E-state index contributed by atoms with van der Waals surface area (Å²) in [6, 6.07) is 0.521. The Labute approximate surface area is 107 Å². The Kier molecular flexibility index (Phi) is 4.10. The molecule has 0 aliphatic heterocycles. The Morgan fingerprint density at radius 3 is 3.06 bits per heavy atom. The summed E-state index contributed by atoms with van der Waals surface area (Å²) in [4.78, 5) is 8.28. The first-order chi connectivity index (χ1) is 8.22. The maximum absolute atomic E-state index is 5.79. The van der Waals surface area contributed by atoms with Crippen molar-refractivity contribution in [2.24, 2.45) is 0 Å². The van der Waals surface area contributed by atoms with Gasteiger partial charge < -0.3 is 11.1 Å². The molecule has 5 heteroatoms. The van der Waals surface area contributed by atoms with Crippen LogP contribution in [0.3, 0.4) is 0 Å². The van der Waals surface area contributed by atoms with E-state index in [0.717, 1.165) is 11.4 Å². The zero-order valence-electron chi connectivity index (χ0n) is 10.4. The van der Waals surface area contributed by atoms with E-state index in [2.05, 4.69) is 22.2 Å². The van der Waals surface area contributed by atoms with E-state index < -0.39 is 0 Å². The van der Waals surface area contributed by atoms with Crippen molar-refractivity contribution in [2.45, 2.75) is 44.4 Å². The molecule has 0 radical (unpaired) electrons. The van der Waals surface area contributed by atoms with Crippen molar-refractivity contribution in [3.8, 4) is 0 Å². The van der Waals surface area contributed by atoms with E-state index in [0.29, 0.717) is 17.1 Å². The molecule has 0 spiro atoms.